The largest absolute Gasteiger partial charge is 0.463 e. The molecule has 2 aliphatic heterocycles. The van der Waals surface area contributed by atoms with Crippen LogP contribution in [0.4, 0.5) is 0 Å². The lowest BCUT2D eigenvalue weighted by molar-refractivity contribution is -0.149. The summed E-state index contributed by atoms with van der Waals surface area (Å²) >= 11 is 1.67. The lowest BCUT2D eigenvalue weighted by atomic mass is 9.92. The molecule has 0 radical (unpaired) electrons. The van der Waals surface area contributed by atoms with E-state index in [2.05, 4.69) is 17.4 Å². The van der Waals surface area contributed by atoms with Crippen molar-refractivity contribution in [3.8, 4) is 0 Å². The Balaban J connectivity index is 1.31. The van der Waals surface area contributed by atoms with E-state index in [0.717, 1.165) is 22.4 Å². The van der Waals surface area contributed by atoms with Crippen molar-refractivity contribution < 1.29 is 24.2 Å². The monoisotopic (exact) mass is 626 g/mol. The second kappa shape index (κ2) is 16.4. The fourth-order valence-electron chi connectivity index (χ4n) is 5.98. The molecule has 0 spiro atoms. The number of ether oxygens (including phenoxy) is 1. The Kier molecular flexibility index (Phi) is 11.9. The van der Waals surface area contributed by atoms with E-state index in [1.165, 1.54) is 5.56 Å². The van der Waals surface area contributed by atoms with Crippen LogP contribution >= 0.6 is 11.8 Å². The van der Waals surface area contributed by atoms with E-state index in [-0.39, 0.29) is 49.4 Å². The number of aliphatic hydroxyl groups is 1. The Morgan fingerprint density at radius 2 is 1.51 bits per heavy atom. The second-order valence-corrected chi connectivity index (χ2v) is 12.9. The predicted octanol–water partition coefficient (Wildman–Crippen LogP) is 5.11. The van der Waals surface area contributed by atoms with E-state index in [1.807, 2.05) is 84.9 Å². The van der Waals surface area contributed by atoms with Crippen LogP contribution in [-0.4, -0.2) is 58.8 Å². The summed E-state index contributed by atoms with van der Waals surface area (Å²) in [5, 5.41) is 13.2. The average molecular weight is 627 g/mol. The van der Waals surface area contributed by atoms with E-state index in [9.17, 15) is 19.5 Å². The molecule has 0 unspecified atom stereocenters. The number of carbonyl (C=O) groups is 3. The highest BCUT2D eigenvalue weighted by Gasteiger charge is 2.33. The van der Waals surface area contributed by atoms with E-state index < -0.39 is 12.0 Å². The summed E-state index contributed by atoms with van der Waals surface area (Å²) in [6, 6.07) is 27.3. The van der Waals surface area contributed by atoms with Crippen LogP contribution in [0.25, 0.3) is 0 Å². The highest BCUT2D eigenvalue weighted by atomic mass is 32.2. The zero-order valence-corrected chi connectivity index (χ0v) is 26.4. The molecule has 236 valence electrons. The third-order valence-electron chi connectivity index (χ3n) is 8.55. The van der Waals surface area contributed by atoms with Crippen LogP contribution in [0.1, 0.15) is 41.5 Å². The molecule has 7 nitrogen and oxygen atoms in total. The maximum atomic E-state index is 13.7. The lowest BCUT2D eigenvalue weighted by Gasteiger charge is -2.36. The molecule has 3 aromatic rings. The Morgan fingerprint density at radius 3 is 2.22 bits per heavy atom. The highest BCUT2D eigenvalue weighted by Crippen LogP contribution is 2.26. The number of rotatable bonds is 9. The van der Waals surface area contributed by atoms with Gasteiger partial charge in [0.2, 0.25) is 11.8 Å². The molecular formula is C37H42N2O5S. The summed E-state index contributed by atoms with van der Waals surface area (Å²) in [5.41, 5.74) is 4.45. The number of amides is 2. The summed E-state index contributed by atoms with van der Waals surface area (Å²) in [7, 11) is 0. The number of nitrogens with zero attached hydrogens (tertiary/aromatic N) is 1. The molecule has 0 aliphatic carbocycles. The van der Waals surface area contributed by atoms with E-state index >= 15 is 0 Å². The van der Waals surface area contributed by atoms with Crippen molar-refractivity contribution in [2.45, 2.75) is 56.5 Å². The van der Waals surface area contributed by atoms with Crippen molar-refractivity contribution in [3.63, 3.8) is 0 Å². The number of esters is 1. The summed E-state index contributed by atoms with van der Waals surface area (Å²) in [6.07, 6.45) is 5.89. The molecule has 0 saturated heterocycles. The van der Waals surface area contributed by atoms with Gasteiger partial charge in [-0.1, -0.05) is 97.1 Å². The van der Waals surface area contributed by atoms with Gasteiger partial charge in [0, 0.05) is 24.5 Å². The maximum absolute atomic E-state index is 13.7. The number of fused-ring (bicyclic) bond motifs is 1. The number of carbonyl (C=O) groups excluding carboxylic acids is 3. The minimum Gasteiger partial charge on any atom is -0.463 e. The first-order chi connectivity index (χ1) is 22.0. The highest BCUT2D eigenvalue weighted by molar-refractivity contribution is 7.98. The first-order valence-electron chi connectivity index (χ1n) is 15.7. The molecule has 2 N–H and O–H groups in total. The van der Waals surface area contributed by atoms with Gasteiger partial charge in [0.1, 0.15) is 6.61 Å². The summed E-state index contributed by atoms with van der Waals surface area (Å²) in [5.74, 6) is -0.264. The lowest BCUT2D eigenvalue weighted by Crippen LogP contribution is -2.48. The first kappa shape index (κ1) is 32.5. The SMILES string of the molecule is O=C1N[C@@H](CSCc2ccccc2)COC(=O)[C@@H](Cc2ccccc2)CC=CC[C@@H]1CC(=O)N1Cc2ccccc2C[C@H]1CO. The van der Waals surface area contributed by atoms with Gasteiger partial charge in [-0.3, -0.25) is 14.4 Å². The minimum absolute atomic E-state index is 0.0337. The van der Waals surface area contributed by atoms with Gasteiger partial charge < -0.3 is 20.1 Å². The van der Waals surface area contributed by atoms with Crippen LogP contribution in [0.3, 0.4) is 0 Å². The van der Waals surface area contributed by atoms with Gasteiger partial charge in [0.15, 0.2) is 0 Å². The van der Waals surface area contributed by atoms with Crippen molar-refractivity contribution in [3.05, 3.63) is 119 Å². The second-order valence-electron chi connectivity index (χ2n) is 11.9. The first-order valence-corrected chi connectivity index (χ1v) is 16.9. The Hall–Kier alpha value is -3.88. The molecule has 2 amide bonds. The van der Waals surface area contributed by atoms with Crippen molar-refractivity contribution in [1.82, 2.24) is 10.2 Å². The molecule has 0 fully saturated rings. The fourth-order valence-corrected chi connectivity index (χ4v) is 6.99. The average Bonchev–Trinajstić information content (AvgIpc) is 3.07. The van der Waals surface area contributed by atoms with Crippen LogP contribution in [0, 0.1) is 11.8 Å². The number of thioether (sulfide) groups is 1. The topological polar surface area (TPSA) is 95.9 Å². The number of hydrogen-bond acceptors (Lipinski definition) is 6. The van der Waals surface area contributed by atoms with Crippen molar-refractivity contribution in [2.75, 3.05) is 19.0 Å². The fraction of sp³-hybridized carbons (Fsp3) is 0.378. The molecular weight excluding hydrogens is 584 g/mol. The molecule has 0 aromatic heterocycles. The molecule has 0 bridgehead atoms. The van der Waals surface area contributed by atoms with Gasteiger partial charge in [-0.05, 0) is 47.9 Å². The zero-order valence-electron chi connectivity index (χ0n) is 25.6. The molecule has 3 aromatic carbocycles. The van der Waals surface area contributed by atoms with Crippen LogP contribution in [0.2, 0.25) is 0 Å². The van der Waals surface area contributed by atoms with Gasteiger partial charge in [-0.15, -0.1) is 0 Å². The molecule has 4 atom stereocenters. The molecule has 2 aliphatic rings. The van der Waals surface area contributed by atoms with Gasteiger partial charge in [-0.2, -0.15) is 11.8 Å². The molecule has 0 saturated carbocycles. The summed E-state index contributed by atoms with van der Waals surface area (Å²) < 4.78 is 5.83. The number of hydrogen-bond donors (Lipinski definition) is 2. The minimum atomic E-state index is -0.588. The molecule has 45 heavy (non-hydrogen) atoms. The van der Waals surface area contributed by atoms with Gasteiger partial charge >= 0.3 is 5.97 Å². The summed E-state index contributed by atoms with van der Waals surface area (Å²) in [6.45, 7) is 0.351. The van der Waals surface area contributed by atoms with Gasteiger partial charge in [0.25, 0.3) is 0 Å². The number of benzene rings is 3. The van der Waals surface area contributed by atoms with Crippen molar-refractivity contribution in [2.24, 2.45) is 11.8 Å². The van der Waals surface area contributed by atoms with Crippen LogP contribution in [0.15, 0.2) is 97.1 Å². The Labute approximate surface area is 270 Å². The van der Waals surface area contributed by atoms with Gasteiger partial charge in [-0.25, -0.2) is 0 Å². The van der Waals surface area contributed by atoms with Crippen LogP contribution < -0.4 is 5.32 Å². The zero-order chi connectivity index (χ0) is 31.4. The molecule has 5 rings (SSSR count). The number of cyclic esters (lactones) is 1. The van der Waals surface area contributed by atoms with Crippen molar-refractivity contribution in [1.29, 1.82) is 0 Å². The summed E-state index contributed by atoms with van der Waals surface area (Å²) in [4.78, 5) is 42.4. The maximum Gasteiger partial charge on any atom is 0.309 e. The third kappa shape index (κ3) is 9.31. The van der Waals surface area contributed by atoms with E-state index in [0.29, 0.717) is 38.0 Å². The molecule has 2 heterocycles. The normalized spacial score (nSPS) is 22.4. The van der Waals surface area contributed by atoms with Crippen LogP contribution in [-0.2, 0) is 44.3 Å². The van der Waals surface area contributed by atoms with E-state index in [1.54, 1.807) is 16.7 Å². The van der Waals surface area contributed by atoms with Crippen molar-refractivity contribution >= 4 is 29.5 Å². The Morgan fingerprint density at radius 1 is 0.867 bits per heavy atom. The molecule has 8 heteroatoms. The Bertz CT molecular complexity index is 1450. The predicted molar refractivity (Wildman–Crippen MR) is 177 cm³/mol. The number of allylic oxidation sites excluding steroid dienone is 2. The number of nitrogens with one attached hydrogen (secondary N) is 1. The van der Waals surface area contributed by atoms with E-state index in [4.69, 9.17) is 4.74 Å². The smallest absolute Gasteiger partial charge is 0.309 e. The number of aliphatic hydroxyl groups excluding tert-OH is 1. The standard InChI is InChI=1S/C37H42N2O5S/c40-23-34-20-29-15-7-10-18-32(29)22-39(34)35(41)21-30-16-8-9-17-31(19-27-11-3-1-4-12-27)37(43)44-24-33(38-36(30)42)26-45-25-28-13-5-2-6-14-28/h1-15,18,30-31,33-34,40H,16-17,19-26H2,(H,38,42)/t30-,31-,33-,34+/m1/s1. The quantitative estimate of drug-likeness (QED) is 0.253. The third-order valence-corrected chi connectivity index (χ3v) is 9.72. The van der Waals surface area contributed by atoms with Crippen LogP contribution in [0.5, 0.6) is 0 Å². The van der Waals surface area contributed by atoms with Gasteiger partial charge in [0.05, 0.1) is 30.5 Å².